The van der Waals surface area contributed by atoms with Gasteiger partial charge in [0.15, 0.2) is 0 Å². The molecule has 3 amide bonds. The van der Waals surface area contributed by atoms with E-state index >= 15 is 0 Å². The molecule has 2 heterocycles. The molecule has 0 unspecified atom stereocenters. The predicted molar refractivity (Wildman–Crippen MR) is 89.3 cm³/mol. The molecule has 2 N–H and O–H groups in total. The third kappa shape index (κ3) is 2.91. The summed E-state index contributed by atoms with van der Waals surface area (Å²) >= 11 is 0. The van der Waals surface area contributed by atoms with Gasteiger partial charge in [-0.25, -0.2) is 0 Å². The van der Waals surface area contributed by atoms with Crippen molar-refractivity contribution in [3.63, 3.8) is 0 Å². The first-order chi connectivity index (χ1) is 11.5. The first-order valence-electron chi connectivity index (χ1n) is 8.14. The third-order valence-corrected chi connectivity index (χ3v) is 4.74. The van der Waals surface area contributed by atoms with Crippen molar-refractivity contribution in [1.29, 1.82) is 0 Å². The standard InChI is InChI=1S/C18H21N3O3/c1-12(22)20-10-8-13-5-2-3-6-14(13)16(20)11-17(23)21-9-4-7-15(21)18(19)24/h2-3,5-6,8,10,15-16H,4,7,9,11H2,1H3,(H2,19,24)/t15-,16-/m1/s1. The molecule has 1 aromatic rings. The number of amides is 3. The maximum Gasteiger partial charge on any atom is 0.240 e. The second-order valence-electron chi connectivity index (χ2n) is 6.24. The first-order valence-corrected chi connectivity index (χ1v) is 8.14. The van der Waals surface area contributed by atoms with Gasteiger partial charge < -0.3 is 15.5 Å². The van der Waals surface area contributed by atoms with Crippen LogP contribution in [0.4, 0.5) is 0 Å². The van der Waals surface area contributed by atoms with Gasteiger partial charge in [-0.15, -0.1) is 0 Å². The summed E-state index contributed by atoms with van der Waals surface area (Å²) in [4.78, 5) is 39.4. The van der Waals surface area contributed by atoms with Gasteiger partial charge in [0.25, 0.3) is 0 Å². The summed E-state index contributed by atoms with van der Waals surface area (Å²) in [5.41, 5.74) is 7.35. The molecular weight excluding hydrogens is 306 g/mol. The molecule has 1 saturated heterocycles. The van der Waals surface area contributed by atoms with Crippen LogP contribution in [0.2, 0.25) is 0 Å². The lowest BCUT2D eigenvalue weighted by Gasteiger charge is -2.34. The number of fused-ring (bicyclic) bond motifs is 1. The molecule has 2 atom stereocenters. The van der Waals surface area contributed by atoms with Crippen LogP contribution in [0, 0.1) is 0 Å². The summed E-state index contributed by atoms with van der Waals surface area (Å²) < 4.78 is 0. The maximum atomic E-state index is 12.8. The fourth-order valence-electron chi connectivity index (χ4n) is 3.56. The van der Waals surface area contributed by atoms with Gasteiger partial charge in [-0.1, -0.05) is 24.3 Å². The average Bonchev–Trinajstić information content (AvgIpc) is 3.04. The van der Waals surface area contributed by atoms with E-state index in [1.807, 2.05) is 30.3 Å². The molecule has 1 fully saturated rings. The number of benzene rings is 1. The van der Waals surface area contributed by atoms with E-state index in [1.165, 1.54) is 6.92 Å². The zero-order valence-electron chi connectivity index (χ0n) is 13.6. The van der Waals surface area contributed by atoms with Crippen LogP contribution < -0.4 is 5.73 Å². The minimum absolute atomic E-state index is 0.119. The van der Waals surface area contributed by atoms with Crippen molar-refractivity contribution in [1.82, 2.24) is 9.80 Å². The summed E-state index contributed by atoms with van der Waals surface area (Å²) in [5.74, 6) is -0.725. The number of nitrogens with two attached hydrogens (primary N) is 1. The van der Waals surface area contributed by atoms with Gasteiger partial charge in [0.2, 0.25) is 17.7 Å². The molecule has 2 aliphatic rings. The average molecular weight is 327 g/mol. The van der Waals surface area contributed by atoms with E-state index in [2.05, 4.69) is 0 Å². The Morgan fingerprint density at radius 3 is 2.71 bits per heavy atom. The second-order valence-corrected chi connectivity index (χ2v) is 6.24. The maximum absolute atomic E-state index is 12.8. The Morgan fingerprint density at radius 2 is 2.00 bits per heavy atom. The van der Waals surface area contributed by atoms with Crippen molar-refractivity contribution in [2.24, 2.45) is 5.73 Å². The molecular formula is C18H21N3O3. The summed E-state index contributed by atoms with van der Waals surface area (Å²) in [6.07, 6.45) is 5.12. The van der Waals surface area contributed by atoms with Crippen molar-refractivity contribution >= 4 is 23.8 Å². The predicted octanol–water partition coefficient (Wildman–Crippen LogP) is 1.43. The van der Waals surface area contributed by atoms with E-state index in [4.69, 9.17) is 5.73 Å². The largest absolute Gasteiger partial charge is 0.368 e. The molecule has 0 saturated carbocycles. The number of likely N-dealkylation sites (tertiary alicyclic amines) is 1. The van der Waals surface area contributed by atoms with Crippen LogP contribution in [0.25, 0.3) is 6.08 Å². The topological polar surface area (TPSA) is 83.7 Å². The normalized spacial score (nSPS) is 22.4. The number of rotatable bonds is 3. The van der Waals surface area contributed by atoms with Gasteiger partial charge >= 0.3 is 0 Å². The van der Waals surface area contributed by atoms with Crippen molar-refractivity contribution < 1.29 is 14.4 Å². The molecule has 6 heteroatoms. The van der Waals surface area contributed by atoms with Crippen LogP contribution in [0.1, 0.15) is 43.4 Å². The zero-order chi connectivity index (χ0) is 17.3. The molecule has 2 aliphatic heterocycles. The highest BCUT2D eigenvalue weighted by atomic mass is 16.2. The Balaban J connectivity index is 1.86. The van der Waals surface area contributed by atoms with Crippen LogP contribution in [0.15, 0.2) is 30.5 Å². The SMILES string of the molecule is CC(=O)N1C=Cc2ccccc2[C@H]1CC(=O)N1CCC[C@@H]1C(N)=O. The highest BCUT2D eigenvalue weighted by molar-refractivity contribution is 5.88. The Kier molecular flexibility index (Phi) is 4.38. The molecule has 3 rings (SSSR count). The monoisotopic (exact) mass is 327 g/mol. The fourth-order valence-corrected chi connectivity index (χ4v) is 3.56. The van der Waals surface area contributed by atoms with E-state index in [0.29, 0.717) is 13.0 Å². The lowest BCUT2D eigenvalue weighted by Crippen LogP contribution is -2.45. The van der Waals surface area contributed by atoms with E-state index in [1.54, 1.807) is 16.0 Å². The summed E-state index contributed by atoms with van der Waals surface area (Å²) in [5, 5.41) is 0. The molecule has 6 nitrogen and oxygen atoms in total. The summed E-state index contributed by atoms with van der Waals surface area (Å²) in [6, 6.07) is 6.83. The number of hydrogen-bond donors (Lipinski definition) is 1. The minimum Gasteiger partial charge on any atom is -0.368 e. The highest BCUT2D eigenvalue weighted by Gasteiger charge is 2.36. The smallest absolute Gasteiger partial charge is 0.240 e. The number of nitrogens with zero attached hydrogens (tertiary/aromatic N) is 2. The molecule has 0 aliphatic carbocycles. The Morgan fingerprint density at radius 1 is 1.25 bits per heavy atom. The molecule has 0 spiro atoms. The molecule has 1 aromatic carbocycles. The van der Waals surface area contributed by atoms with E-state index in [0.717, 1.165) is 17.5 Å². The Hall–Kier alpha value is -2.63. The number of primary amides is 1. The van der Waals surface area contributed by atoms with Crippen molar-refractivity contribution in [2.45, 2.75) is 38.3 Å². The van der Waals surface area contributed by atoms with Gasteiger partial charge in [-0.2, -0.15) is 0 Å². The Bertz CT molecular complexity index is 713. The van der Waals surface area contributed by atoms with Crippen LogP contribution in [-0.2, 0) is 14.4 Å². The molecule has 0 bridgehead atoms. The van der Waals surface area contributed by atoms with Crippen LogP contribution in [0.5, 0.6) is 0 Å². The number of carbonyl (C=O) groups excluding carboxylic acids is 3. The van der Waals surface area contributed by atoms with Gasteiger partial charge in [-0.3, -0.25) is 14.4 Å². The second kappa shape index (κ2) is 6.47. The molecule has 126 valence electrons. The summed E-state index contributed by atoms with van der Waals surface area (Å²) in [7, 11) is 0. The van der Waals surface area contributed by atoms with Gasteiger partial charge in [0.1, 0.15) is 6.04 Å². The van der Waals surface area contributed by atoms with Crippen LogP contribution in [-0.4, -0.2) is 40.1 Å². The van der Waals surface area contributed by atoms with Gasteiger partial charge in [0.05, 0.1) is 12.5 Å². The molecule has 24 heavy (non-hydrogen) atoms. The zero-order valence-corrected chi connectivity index (χ0v) is 13.6. The summed E-state index contributed by atoms with van der Waals surface area (Å²) in [6.45, 7) is 2.02. The number of carbonyl (C=O) groups is 3. The van der Waals surface area contributed by atoms with E-state index in [9.17, 15) is 14.4 Å². The minimum atomic E-state index is -0.530. The number of hydrogen-bond acceptors (Lipinski definition) is 3. The highest BCUT2D eigenvalue weighted by Crippen LogP contribution is 2.34. The van der Waals surface area contributed by atoms with Crippen molar-refractivity contribution in [3.05, 3.63) is 41.6 Å². The van der Waals surface area contributed by atoms with Crippen LogP contribution in [0.3, 0.4) is 0 Å². The Labute approximate surface area is 140 Å². The van der Waals surface area contributed by atoms with Crippen LogP contribution >= 0.6 is 0 Å². The molecule has 0 aromatic heterocycles. The van der Waals surface area contributed by atoms with Crippen molar-refractivity contribution in [3.8, 4) is 0 Å². The first kappa shape index (κ1) is 16.2. The van der Waals surface area contributed by atoms with Crippen molar-refractivity contribution in [2.75, 3.05) is 6.54 Å². The van der Waals surface area contributed by atoms with Gasteiger partial charge in [-0.05, 0) is 30.0 Å². The van der Waals surface area contributed by atoms with E-state index in [-0.39, 0.29) is 24.3 Å². The quantitative estimate of drug-likeness (QED) is 0.911. The van der Waals surface area contributed by atoms with E-state index < -0.39 is 11.9 Å². The fraction of sp³-hybridized carbons (Fsp3) is 0.389. The molecule has 0 radical (unpaired) electrons. The third-order valence-electron chi connectivity index (χ3n) is 4.74. The lowest BCUT2D eigenvalue weighted by molar-refractivity contribution is -0.139. The lowest BCUT2D eigenvalue weighted by atomic mass is 9.93. The van der Waals surface area contributed by atoms with Gasteiger partial charge in [0, 0.05) is 19.7 Å².